The van der Waals surface area contributed by atoms with Gasteiger partial charge in [-0.15, -0.1) is 0 Å². The summed E-state index contributed by atoms with van der Waals surface area (Å²) in [5.74, 6) is -1.21. The van der Waals surface area contributed by atoms with Crippen molar-refractivity contribution >= 4 is 5.69 Å². The second-order valence-electron chi connectivity index (χ2n) is 5.02. The second kappa shape index (κ2) is 6.00. The van der Waals surface area contributed by atoms with Crippen molar-refractivity contribution in [2.24, 2.45) is 11.1 Å². The van der Waals surface area contributed by atoms with Gasteiger partial charge in [0.1, 0.15) is 5.82 Å². The van der Waals surface area contributed by atoms with E-state index in [1.165, 1.54) is 7.11 Å². The molecule has 0 heterocycles. The van der Waals surface area contributed by atoms with E-state index < -0.39 is 11.6 Å². The fourth-order valence-electron chi connectivity index (χ4n) is 1.63. The van der Waals surface area contributed by atoms with Crippen LogP contribution in [-0.4, -0.2) is 20.2 Å². The summed E-state index contributed by atoms with van der Waals surface area (Å²) in [6.07, 6.45) is 0.806. The lowest BCUT2D eigenvalue weighted by molar-refractivity contribution is 0.364. The summed E-state index contributed by atoms with van der Waals surface area (Å²) in [5, 5.41) is 2.90. The Kier molecular flexibility index (Phi) is 4.90. The average Bonchev–Trinajstić information content (AvgIpc) is 2.29. The Hall–Kier alpha value is -1.36. The van der Waals surface area contributed by atoms with Gasteiger partial charge < -0.3 is 15.8 Å². The third-order valence-electron chi connectivity index (χ3n) is 2.82. The summed E-state index contributed by atoms with van der Waals surface area (Å²) < 4.78 is 31.8. The minimum atomic E-state index is -0.585. The Morgan fingerprint density at radius 1 is 1.28 bits per heavy atom. The minimum Gasteiger partial charge on any atom is -0.494 e. The van der Waals surface area contributed by atoms with Gasteiger partial charge in [0.2, 0.25) is 0 Å². The quantitative estimate of drug-likeness (QED) is 0.824. The predicted molar refractivity (Wildman–Crippen MR) is 68.9 cm³/mol. The molecule has 1 rings (SSSR count). The molecule has 0 aliphatic rings. The lowest BCUT2D eigenvalue weighted by atomic mass is 9.89. The Morgan fingerprint density at radius 2 is 1.94 bits per heavy atom. The van der Waals surface area contributed by atoms with Crippen molar-refractivity contribution in [3.05, 3.63) is 23.8 Å². The van der Waals surface area contributed by atoms with Crippen LogP contribution in [0.5, 0.6) is 5.75 Å². The highest BCUT2D eigenvalue weighted by Crippen LogP contribution is 2.26. The number of benzene rings is 1. The van der Waals surface area contributed by atoms with E-state index in [1.807, 2.05) is 13.8 Å². The van der Waals surface area contributed by atoms with Gasteiger partial charge in [-0.05, 0) is 18.4 Å². The summed E-state index contributed by atoms with van der Waals surface area (Å²) in [6.45, 7) is 5.12. The fraction of sp³-hybridized carbons (Fsp3) is 0.538. The molecular formula is C13H20F2N2O. The Balaban J connectivity index is 2.77. The van der Waals surface area contributed by atoms with Gasteiger partial charge in [-0.25, -0.2) is 8.78 Å². The highest BCUT2D eigenvalue weighted by atomic mass is 19.1. The summed E-state index contributed by atoms with van der Waals surface area (Å²) in [5.41, 5.74) is 5.56. The topological polar surface area (TPSA) is 47.3 Å². The average molecular weight is 258 g/mol. The SMILES string of the molecule is COc1cc(F)c(NCC(C)(C)CCN)cc1F. The lowest BCUT2D eigenvalue weighted by Gasteiger charge is -2.25. The zero-order valence-corrected chi connectivity index (χ0v) is 11.0. The number of nitrogens with two attached hydrogens (primary N) is 1. The first-order chi connectivity index (χ1) is 8.39. The van der Waals surface area contributed by atoms with Crippen LogP contribution in [0.3, 0.4) is 0 Å². The number of hydrogen-bond donors (Lipinski definition) is 2. The third-order valence-corrected chi connectivity index (χ3v) is 2.82. The second-order valence-corrected chi connectivity index (χ2v) is 5.02. The van der Waals surface area contributed by atoms with Gasteiger partial charge in [-0.3, -0.25) is 0 Å². The van der Waals surface area contributed by atoms with Crippen molar-refractivity contribution in [2.75, 3.05) is 25.5 Å². The molecule has 18 heavy (non-hydrogen) atoms. The van der Waals surface area contributed by atoms with Gasteiger partial charge >= 0.3 is 0 Å². The van der Waals surface area contributed by atoms with Gasteiger partial charge in [-0.2, -0.15) is 0 Å². The number of rotatable bonds is 6. The molecule has 3 N–H and O–H groups in total. The van der Waals surface area contributed by atoms with Crippen LogP contribution >= 0.6 is 0 Å². The molecule has 0 radical (unpaired) electrons. The van der Waals surface area contributed by atoms with Gasteiger partial charge in [0, 0.05) is 18.7 Å². The van der Waals surface area contributed by atoms with E-state index in [-0.39, 0.29) is 16.9 Å². The number of ether oxygens (including phenoxy) is 1. The van der Waals surface area contributed by atoms with E-state index in [1.54, 1.807) is 0 Å². The van der Waals surface area contributed by atoms with Gasteiger partial charge in [-0.1, -0.05) is 13.8 Å². The van der Waals surface area contributed by atoms with Crippen molar-refractivity contribution in [1.29, 1.82) is 0 Å². The number of halogens is 2. The molecule has 0 saturated carbocycles. The maximum Gasteiger partial charge on any atom is 0.167 e. The molecule has 1 aromatic carbocycles. The summed E-state index contributed by atoms with van der Waals surface area (Å²) in [6, 6.07) is 2.14. The molecule has 0 aliphatic heterocycles. The minimum absolute atomic E-state index is 0.0718. The van der Waals surface area contributed by atoms with E-state index in [4.69, 9.17) is 10.5 Å². The van der Waals surface area contributed by atoms with E-state index in [2.05, 4.69) is 5.32 Å². The molecule has 0 unspecified atom stereocenters. The highest BCUT2D eigenvalue weighted by molar-refractivity contribution is 5.49. The molecule has 0 atom stereocenters. The van der Waals surface area contributed by atoms with Crippen LogP contribution < -0.4 is 15.8 Å². The zero-order chi connectivity index (χ0) is 13.8. The van der Waals surface area contributed by atoms with E-state index in [0.717, 1.165) is 18.6 Å². The standard InChI is InChI=1S/C13H20F2N2O/c1-13(2,4-5-16)8-17-11-6-10(15)12(18-3)7-9(11)14/h6-7,17H,4-5,8,16H2,1-3H3. The van der Waals surface area contributed by atoms with Crippen LogP contribution in [0.25, 0.3) is 0 Å². The zero-order valence-electron chi connectivity index (χ0n) is 11.0. The van der Waals surface area contributed by atoms with Crippen molar-refractivity contribution in [3.8, 4) is 5.75 Å². The number of anilines is 1. The van der Waals surface area contributed by atoms with Crippen LogP contribution in [0.15, 0.2) is 12.1 Å². The first-order valence-electron chi connectivity index (χ1n) is 5.86. The summed E-state index contributed by atoms with van der Waals surface area (Å²) in [7, 11) is 1.30. The first kappa shape index (κ1) is 14.7. The van der Waals surface area contributed by atoms with Crippen molar-refractivity contribution in [1.82, 2.24) is 0 Å². The van der Waals surface area contributed by atoms with E-state index in [0.29, 0.717) is 13.1 Å². The maximum absolute atomic E-state index is 13.6. The normalized spacial score (nSPS) is 11.4. The highest BCUT2D eigenvalue weighted by Gasteiger charge is 2.18. The Labute approximate surface area is 106 Å². The molecule has 0 saturated heterocycles. The molecule has 0 amide bonds. The van der Waals surface area contributed by atoms with Crippen LogP contribution in [-0.2, 0) is 0 Å². The third kappa shape index (κ3) is 3.84. The smallest absolute Gasteiger partial charge is 0.167 e. The first-order valence-corrected chi connectivity index (χ1v) is 5.86. The Bertz CT molecular complexity index is 408. The van der Waals surface area contributed by atoms with E-state index >= 15 is 0 Å². The van der Waals surface area contributed by atoms with Crippen LogP contribution in [0.4, 0.5) is 14.5 Å². The number of hydrogen-bond acceptors (Lipinski definition) is 3. The van der Waals surface area contributed by atoms with Crippen LogP contribution in [0.2, 0.25) is 0 Å². The molecule has 0 spiro atoms. The number of nitrogens with one attached hydrogen (secondary N) is 1. The van der Waals surface area contributed by atoms with Crippen LogP contribution in [0, 0.1) is 17.0 Å². The van der Waals surface area contributed by atoms with Crippen molar-refractivity contribution < 1.29 is 13.5 Å². The van der Waals surface area contributed by atoms with Gasteiger partial charge in [0.05, 0.1) is 12.8 Å². The lowest BCUT2D eigenvalue weighted by Crippen LogP contribution is -2.26. The molecule has 0 aromatic heterocycles. The molecule has 0 fully saturated rings. The molecule has 3 nitrogen and oxygen atoms in total. The molecular weight excluding hydrogens is 238 g/mol. The van der Waals surface area contributed by atoms with Crippen molar-refractivity contribution in [2.45, 2.75) is 20.3 Å². The predicted octanol–water partition coefficient (Wildman–Crippen LogP) is 2.76. The Morgan fingerprint density at radius 3 is 2.50 bits per heavy atom. The summed E-state index contributed by atoms with van der Waals surface area (Å²) >= 11 is 0. The monoisotopic (exact) mass is 258 g/mol. The maximum atomic E-state index is 13.6. The molecule has 102 valence electrons. The van der Waals surface area contributed by atoms with Crippen molar-refractivity contribution in [3.63, 3.8) is 0 Å². The van der Waals surface area contributed by atoms with Crippen LogP contribution in [0.1, 0.15) is 20.3 Å². The van der Waals surface area contributed by atoms with Gasteiger partial charge in [0.15, 0.2) is 11.6 Å². The molecule has 5 heteroatoms. The fourth-order valence-corrected chi connectivity index (χ4v) is 1.63. The summed E-state index contributed by atoms with van der Waals surface area (Å²) in [4.78, 5) is 0. The molecule has 1 aromatic rings. The molecule has 0 aliphatic carbocycles. The number of methoxy groups -OCH3 is 1. The molecule has 0 bridgehead atoms. The van der Waals surface area contributed by atoms with Gasteiger partial charge in [0.25, 0.3) is 0 Å². The largest absolute Gasteiger partial charge is 0.494 e. The van der Waals surface area contributed by atoms with E-state index in [9.17, 15) is 8.78 Å².